The van der Waals surface area contributed by atoms with Crippen LogP contribution in [0.5, 0.6) is 0 Å². The fourth-order valence-corrected chi connectivity index (χ4v) is 2.65. The fourth-order valence-electron chi connectivity index (χ4n) is 2.65. The van der Waals surface area contributed by atoms with Crippen LogP contribution in [0.15, 0.2) is 12.4 Å². The lowest BCUT2D eigenvalue weighted by atomic mass is 9.98. The van der Waals surface area contributed by atoms with Crippen molar-refractivity contribution in [3.05, 3.63) is 18.2 Å². The molecule has 1 saturated carbocycles. The second-order valence-electron chi connectivity index (χ2n) is 4.59. The first-order chi connectivity index (χ1) is 7.19. The highest BCUT2D eigenvalue weighted by Gasteiger charge is 2.40. The van der Waals surface area contributed by atoms with Crippen LogP contribution in [0, 0.1) is 5.92 Å². The minimum atomic E-state index is -0.666. The standard InChI is InChI=1S/C12H20N2O/c1-3-10-5-6-12(15,9-10)11-13-7-8-14(11)4-2/h7-8,10,15H,3-6,9H2,1-2H3. The Labute approximate surface area is 91.1 Å². The van der Waals surface area contributed by atoms with Crippen molar-refractivity contribution in [1.29, 1.82) is 0 Å². The molecule has 1 N–H and O–H groups in total. The zero-order chi connectivity index (χ0) is 10.9. The van der Waals surface area contributed by atoms with E-state index < -0.39 is 5.60 Å². The van der Waals surface area contributed by atoms with Gasteiger partial charge in [0.2, 0.25) is 0 Å². The molecule has 0 aromatic carbocycles. The first kappa shape index (κ1) is 10.7. The van der Waals surface area contributed by atoms with E-state index in [1.165, 1.54) is 0 Å². The van der Waals surface area contributed by atoms with Crippen LogP contribution in [0.2, 0.25) is 0 Å². The summed E-state index contributed by atoms with van der Waals surface area (Å²) >= 11 is 0. The predicted molar refractivity (Wildman–Crippen MR) is 59.4 cm³/mol. The molecule has 0 amide bonds. The molecule has 1 aromatic rings. The summed E-state index contributed by atoms with van der Waals surface area (Å²) in [5.41, 5.74) is -0.666. The molecule has 1 aromatic heterocycles. The van der Waals surface area contributed by atoms with Crippen molar-refractivity contribution >= 4 is 0 Å². The SMILES string of the molecule is CCC1CCC(O)(c2nccn2CC)C1. The van der Waals surface area contributed by atoms with Gasteiger partial charge in [-0.25, -0.2) is 4.98 Å². The summed E-state index contributed by atoms with van der Waals surface area (Å²) in [6.45, 7) is 5.16. The maximum Gasteiger partial charge on any atom is 0.140 e. The van der Waals surface area contributed by atoms with Crippen LogP contribution >= 0.6 is 0 Å². The predicted octanol–water partition coefficient (Wildman–Crippen LogP) is 2.30. The van der Waals surface area contributed by atoms with Crippen molar-refractivity contribution in [2.24, 2.45) is 5.92 Å². The Morgan fingerprint density at radius 2 is 2.40 bits per heavy atom. The van der Waals surface area contributed by atoms with Crippen molar-refractivity contribution in [3.63, 3.8) is 0 Å². The molecule has 2 atom stereocenters. The number of imidazole rings is 1. The first-order valence-corrected chi connectivity index (χ1v) is 5.93. The second kappa shape index (κ2) is 3.97. The topological polar surface area (TPSA) is 38.1 Å². The number of nitrogens with zero attached hydrogens (tertiary/aromatic N) is 2. The molecule has 0 bridgehead atoms. The summed E-state index contributed by atoms with van der Waals surface area (Å²) in [6, 6.07) is 0. The number of aliphatic hydroxyl groups is 1. The van der Waals surface area contributed by atoms with Crippen LogP contribution in [0.25, 0.3) is 0 Å². The molecule has 0 spiro atoms. The van der Waals surface area contributed by atoms with Gasteiger partial charge < -0.3 is 9.67 Å². The molecule has 3 heteroatoms. The number of hydrogen-bond acceptors (Lipinski definition) is 2. The summed E-state index contributed by atoms with van der Waals surface area (Å²) < 4.78 is 2.05. The average Bonchev–Trinajstić information content (AvgIpc) is 2.84. The molecule has 2 unspecified atom stereocenters. The summed E-state index contributed by atoms with van der Waals surface area (Å²) in [5, 5.41) is 10.6. The highest BCUT2D eigenvalue weighted by molar-refractivity contribution is 5.08. The molecule has 2 rings (SSSR count). The Morgan fingerprint density at radius 3 is 3.00 bits per heavy atom. The van der Waals surface area contributed by atoms with Gasteiger partial charge in [-0.05, 0) is 32.1 Å². The third kappa shape index (κ3) is 1.81. The molecule has 1 fully saturated rings. The van der Waals surface area contributed by atoms with E-state index >= 15 is 0 Å². The lowest BCUT2D eigenvalue weighted by Gasteiger charge is -2.23. The molecule has 0 aliphatic heterocycles. The highest BCUT2D eigenvalue weighted by atomic mass is 16.3. The van der Waals surface area contributed by atoms with Gasteiger partial charge in [-0.15, -0.1) is 0 Å². The van der Waals surface area contributed by atoms with Gasteiger partial charge in [0.1, 0.15) is 11.4 Å². The zero-order valence-corrected chi connectivity index (χ0v) is 9.61. The highest BCUT2D eigenvalue weighted by Crippen LogP contribution is 2.42. The molecule has 0 radical (unpaired) electrons. The van der Waals surface area contributed by atoms with Gasteiger partial charge >= 0.3 is 0 Å². The Morgan fingerprint density at radius 1 is 1.60 bits per heavy atom. The van der Waals surface area contributed by atoms with Gasteiger partial charge in [-0.2, -0.15) is 0 Å². The fraction of sp³-hybridized carbons (Fsp3) is 0.750. The van der Waals surface area contributed by atoms with Crippen molar-refractivity contribution in [2.45, 2.75) is 51.7 Å². The van der Waals surface area contributed by atoms with Crippen molar-refractivity contribution in [1.82, 2.24) is 9.55 Å². The van der Waals surface area contributed by atoms with Crippen LogP contribution in [-0.4, -0.2) is 14.7 Å². The van der Waals surface area contributed by atoms with E-state index in [1.54, 1.807) is 6.20 Å². The Hall–Kier alpha value is -0.830. The number of aryl methyl sites for hydroxylation is 1. The Balaban J connectivity index is 2.23. The lowest BCUT2D eigenvalue weighted by Crippen LogP contribution is -2.26. The van der Waals surface area contributed by atoms with Gasteiger partial charge in [0.15, 0.2) is 0 Å². The second-order valence-corrected chi connectivity index (χ2v) is 4.59. The van der Waals surface area contributed by atoms with Gasteiger partial charge in [-0.3, -0.25) is 0 Å². The largest absolute Gasteiger partial charge is 0.382 e. The van der Waals surface area contributed by atoms with Crippen LogP contribution in [0.3, 0.4) is 0 Å². The quantitative estimate of drug-likeness (QED) is 0.827. The van der Waals surface area contributed by atoms with Crippen molar-refractivity contribution in [2.75, 3.05) is 0 Å². The van der Waals surface area contributed by atoms with Gasteiger partial charge in [0, 0.05) is 18.9 Å². The van der Waals surface area contributed by atoms with E-state index in [2.05, 4.69) is 23.4 Å². The monoisotopic (exact) mass is 208 g/mol. The molecule has 1 heterocycles. The van der Waals surface area contributed by atoms with Crippen molar-refractivity contribution < 1.29 is 5.11 Å². The third-order valence-electron chi connectivity index (χ3n) is 3.64. The van der Waals surface area contributed by atoms with Crippen molar-refractivity contribution in [3.8, 4) is 0 Å². The number of hydrogen-bond donors (Lipinski definition) is 1. The van der Waals surface area contributed by atoms with E-state index in [9.17, 15) is 5.11 Å². The Bertz CT molecular complexity index is 334. The summed E-state index contributed by atoms with van der Waals surface area (Å²) in [6.07, 6.45) is 7.77. The van der Waals surface area contributed by atoms with Crippen LogP contribution in [-0.2, 0) is 12.1 Å². The minimum absolute atomic E-state index is 0.664. The summed E-state index contributed by atoms with van der Waals surface area (Å²) in [7, 11) is 0. The van der Waals surface area contributed by atoms with Crippen LogP contribution in [0.1, 0.15) is 45.4 Å². The lowest BCUT2D eigenvalue weighted by molar-refractivity contribution is 0.0272. The molecule has 1 aliphatic rings. The smallest absolute Gasteiger partial charge is 0.140 e. The van der Waals surface area contributed by atoms with E-state index in [4.69, 9.17) is 0 Å². The molecule has 15 heavy (non-hydrogen) atoms. The molecule has 84 valence electrons. The number of aromatic nitrogens is 2. The van der Waals surface area contributed by atoms with Crippen LogP contribution in [0.4, 0.5) is 0 Å². The van der Waals surface area contributed by atoms with Crippen LogP contribution < -0.4 is 0 Å². The zero-order valence-electron chi connectivity index (χ0n) is 9.61. The molecule has 1 aliphatic carbocycles. The van der Waals surface area contributed by atoms with E-state index in [1.807, 2.05) is 6.20 Å². The van der Waals surface area contributed by atoms with Gasteiger partial charge in [-0.1, -0.05) is 13.3 Å². The maximum atomic E-state index is 10.6. The third-order valence-corrected chi connectivity index (χ3v) is 3.64. The Kier molecular flexibility index (Phi) is 2.83. The van der Waals surface area contributed by atoms with E-state index in [-0.39, 0.29) is 0 Å². The molecular weight excluding hydrogens is 188 g/mol. The van der Waals surface area contributed by atoms with E-state index in [0.29, 0.717) is 5.92 Å². The molecular formula is C12H20N2O. The number of rotatable bonds is 3. The first-order valence-electron chi connectivity index (χ1n) is 5.93. The average molecular weight is 208 g/mol. The molecule has 0 saturated heterocycles. The van der Waals surface area contributed by atoms with Gasteiger partial charge in [0.05, 0.1) is 0 Å². The molecule has 3 nitrogen and oxygen atoms in total. The van der Waals surface area contributed by atoms with E-state index in [0.717, 1.165) is 38.1 Å². The maximum absolute atomic E-state index is 10.6. The van der Waals surface area contributed by atoms with Gasteiger partial charge in [0.25, 0.3) is 0 Å². The minimum Gasteiger partial charge on any atom is -0.382 e. The normalized spacial score (nSPS) is 31.0. The summed E-state index contributed by atoms with van der Waals surface area (Å²) in [5.74, 6) is 1.53. The summed E-state index contributed by atoms with van der Waals surface area (Å²) in [4.78, 5) is 4.32.